The molecule has 3 atom stereocenters. The van der Waals surface area contributed by atoms with Gasteiger partial charge in [0.05, 0.1) is 6.61 Å². The van der Waals surface area contributed by atoms with Crippen LogP contribution in [0, 0.1) is 5.92 Å². The maximum absolute atomic E-state index is 5.73. The summed E-state index contributed by atoms with van der Waals surface area (Å²) in [5.74, 6) is 1.20. The smallest absolute Gasteiger partial charge is 0.0509 e. The minimum Gasteiger partial charge on any atom is -0.381 e. The standard InChI is InChI=1S/C17H26N2O/c1-2-18-17(14-8-5-11-20-12-14)15-9-3-6-13-7-4-10-19-16(13)15/h4,7,10,14-15,17-18H,2-3,5-6,8-9,11-12H2,1H3. The summed E-state index contributed by atoms with van der Waals surface area (Å²) in [4.78, 5) is 4.72. The molecule has 0 saturated carbocycles. The lowest BCUT2D eigenvalue weighted by molar-refractivity contribution is 0.0336. The van der Waals surface area contributed by atoms with Crippen molar-refractivity contribution in [3.8, 4) is 0 Å². The van der Waals surface area contributed by atoms with Crippen LogP contribution in [0.4, 0.5) is 0 Å². The third-order valence-corrected chi connectivity index (χ3v) is 4.82. The second-order valence-corrected chi connectivity index (χ2v) is 6.11. The number of rotatable bonds is 4. The first-order valence-corrected chi connectivity index (χ1v) is 8.15. The number of hydrogen-bond donors (Lipinski definition) is 1. The number of nitrogens with one attached hydrogen (secondary N) is 1. The molecule has 1 saturated heterocycles. The second-order valence-electron chi connectivity index (χ2n) is 6.11. The number of aryl methyl sites for hydroxylation is 1. The van der Waals surface area contributed by atoms with Gasteiger partial charge in [-0.25, -0.2) is 0 Å². The van der Waals surface area contributed by atoms with Crippen LogP contribution in [0.25, 0.3) is 0 Å². The summed E-state index contributed by atoms with van der Waals surface area (Å²) < 4.78 is 5.73. The fourth-order valence-electron chi connectivity index (χ4n) is 3.92. The zero-order valence-electron chi connectivity index (χ0n) is 12.5. The van der Waals surface area contributed by atoms with Crippen molar-refractivity contribution >= 4 is 0 Å². The molecule has 1 aromatic heterocycles. The predicted octanol–water partition coefficient (Wildman–Crippen LogP) is 2.91. The molecule has 110 valence electrons. The molecular formula is C17H26N2O. The van der Waals surface area contributed by atoms with Crippen LogP contribution < -0.4 is 5.32 Å². The van der Waals surface area contributed by atoms with Crippen LogP contribution in [0.1, 0.15) is 49.8 Å². The highest BCUT2D eigenvalue weighted by molar-refractivity contribution is 5.27. The van der Waals surface area contributed by atoms with Crippen molar-refractivity contribution in [1.29, 1.82) is 0 Å². The lowest BCUT2D eigenvalue weighted by atomic mass is 9.76. The number of pyridine rings is 1. The quantitative estimate of drug-likeness (QED) is 0.916. The van der Waals surface area contributed by atoms with Gasteiger partial charge in [0.2, 0.25) is 0 Å². The minimum absolute atomic E-state index is 0.522. The van der Waals surface area contributed by atoms with Crippen LogP contribution in [0.5, 0.6) is 0 Å². The molecule has 3 nitrogen and oxygen atoms in total. The van der Waals surface area contributed by atoms with Gasteiger partial charge >= 0.3 is 0 Å². The summed E-state index contributed by atoms with van der Waals surface area (Å²) in [5.41, 5.74) is 2.80. The Morgan fingerprint density at radius 1 is 1.40 bits per heavy atom. The maximum atomic E-state index is 5.73. The van der Waals surface area contributed by atoms with E-state index in [1.807, 2.05) is 6.20 Å². The van der Waals surface area contributed by atoms with Gasteiger partial charge < -0.3 is 10.1 Å². The number of aromatic nitrogens is 1. The molecule has 0 aromatic carbocycles. The summed E-state index contributed by atoms with van der Waals surface area (Å²) in [6, 6.07) is 4.86. The second kappa shape index (κ2) is 6.68. The third kappa shape index (κ3) is 2.89. The lowest BCUT2D eigenvalue weighted by Gasteiger charge is -2.38. The highest BCUT2D eigenvalue weighted by atomic mass is 16.5. The van der Waals surface area contributed by atoms with E-state index in [2.05, 4.69) is 24.4 Å². The molecule has 1 aliphatic carbocycles. The van der Waals surface area contributed by atoms with E-state index < -0.39 is 0 Å². The molecule has 2 aliphatic rings. The molecule has 1 N–H and O–H groups in total. The van der Waals surface area contributed by atoms with Gasteiger partial charge in [0, 0.05) is 30.5 Å². The number of ether oxygens (including phenoxy) is 1. The number of nitrogens with zero attached hydrogens (tertiary/aromatic N) is 1. The largest absolute Gasteiger partial charge is 0.381 e. The molecule has 3 rings (SSSR count). The first-order valence-electron chi connectivity index (χ1n) is 8.15. The zero-order chi connectivity index (χ0) is 13.8. The molecule has 0 bridgehead atoms. The van der Waals surface area contributed by atoms with E-state index in [0.717, 1.165) is 19.8 Å². The number of fused-ring (bicyclic) bond motifs is 1. The van der Waals surface area contributed by atoms with Crippen molar-refractivity contribution in [1.82, 2.24) is 10.3 Å². The molecule has 1 fully saturated rings. The average Bonchev–Trinajstić information content (AvgIpc) is 2.53. The topological polar surface area (TPSA) is 34.1 Å². The summed E-state index contributed by atoms with van der Waals surface area (Å²) >= 11 is 0. The minimum atomic E-state index is 0.522. The number of likely N-dealkylation sites (N-methyl/N-ethyl adjacent to an activating group) is 1. The zero-order valence-corrected chi connectivity index (χ0v) is 12.5. The Morgan fingerprint density at radius 2 is 2.35 bits per heavy atom. The highest BCUT2D eigenvalue weighted by Crippen LogP contribution is 2.36. The van der Waals surface area contributed by atoms with Crippen LogP contribution in [0.15, 0.2) is 18.3 Å². The Labute approximate surface area is 122 Å². The molecule has 3 heteroatoms. The summed E-state index contributed by atoms with van der Waals surface area (Å²) in [6.45, 7) is 5.09. The van der Waals surface area contributed by atoms with E-state index in [1.165, 1.54) is 43.4 Å². The fourth-order valence-corrected chi connectivity index (χ4v) is 3.92. The normalized spacial score (nSPS) is 27.9. The van der Waals surface area contributed by atoms with Gasteiger partial charge in [-0.15, -0.1) is 0 Å². The van der Waals surface area contributed by atoms with E-state index in [1.54, 1.807) is 0 Å². The fraction of sp³-hybridized carbons (Fsp3) is 0.706. The van der Waals surface area contributed by atoms with Crippen molar-refractivity contribution in [2.24, 2.45) is 5.92 Å². The maximum Gasteiger partial charge on any atom is 0.0509 e. The first kappa shape index (κ1) is 14.0. The third-order valence-electron chi connectivity index (χ3n) is 4.82. The molecule has 0 amide bonds. The molecule has 20 heavy (non-hydrogen) atoms. The molecule has 1 aromatic rings. The van der Waals surface area contributed by atoms with E-state index in [4.69, 9.17) is 9.72 Å². The van der Waals surface area contributed by atoms with Gasteiger partial charge in [-0.1, -0.05) is 13.0 Å². The molecule has 3 unspecified atom stereocenters. The van der Waals surface area contributed by atoms with Gasteiger partial charge in [0.1, 0.15) is 0 Å². The summed E-state index contributed by atoms with van der Waals surface area (Å²) in [7, 11) is 0. The monoisotopic (exact) mass is 274 g/mol. The molecule has 0 spiro atoms. The summed E-state index contributed by atoms with van der Waals surface area (Å²) in [6.07, 6.45) is 8.19. The Kier molecular flexibility index (Phi) is 4.69. The molecule has 2 heterocycles. The molecule has 0 radical (unpaired) electrons. The van der Waals surface area contributed by atoms with Crippen molar-refractivity contribution in [3.05, 3.63) is 29.6 Å². The van der Waals surface area contributed by atoms with Crippen molar-refractivity contribution in [2.75, 3.05) is 19.8 Å². The van der Waals surface area contributed by atoms with Crippen LogP contribution in [0.3, 0.4) is 0 Å². The Bertz CT molecular complexity index is 429. The van der Waals surface area contributed by atoms with Crippen molar-refractivity contribution in [2.45, 2.75) is 51.0 Å². The summed E-state index contributed by atoms with van der Waals surface area (Å²) in [5, 5.41) is 3.74. The van der Waals surface area contributed by atoms with E-state index in [9.17, 15) is 0 Å². The lowest BCUT2D eigenvalue weighted by Crippen LogP contribution is -2.45. The van der Waals surface area contributed by atoms with Crippen LogP contribution >= 0.6 is 0 Å². The van der Waals surface area contributed by atoms with Crippen LogP contribution in [-0.4, -0.2) is 30.8 Å². The van der Waals surface area contributed by atoms with E-state index >= 15 is 0 Å². The molecule has 1 aliphatic heterocycles. The highest BCUT2D eigenvalue weighted by Gasteiger charge is 2.34. The molecular weight excluding hydrogens is 248 g/mol. The van der Waals surface area contributed by atoms with E-state index in [-0.39, 0.29) is 0 Å². The number of hydrogen-bond acceptors (Lipinski definition) is 3. The predicted molar refractivity (Wildman–Crippen MR) is 80.9 cm³/mol. The van der Waals surface area contributed by atoms with Gasteiger partial charge in [-0.2, -0.15) is 0 Å². The van der Waals surface area contributed by atoms with E-state index in [0.29, 0.717) is 17.9 Å². The van der Waals surface area contributed by atoms with Crippen LogP contribution in [-0.2, 0) is 11.2 Å². The average molecular weight is 274 g/mol. The van der Waals surface area contributed by atoms with Gasteiger partial charge in [-0.05, 0) is 56.2 Å². The SMILES string of the molecule is CCNC(C1CCCOC1)C1CCCc2cccnc21. The first-order chi connectivity index (χ1) is 9.90. The van der Waals surface area contributed by atoms with Crippen molar-refractivity contribution in [3.63, 3.8) is 0 Å². The Balaban J connectivity index is 1.84. The van der Waals surface area contributed by atoms with Crippen molar-refractivity contribution < 1.29 is 4.74 Å². The van der Waals surface area contributed by atoms with Gasteiger partial charge in [0.25, 0.3) is 0 Å². The Hall–Kier alpha value is -0.930. The van der Waals surface area contributed by atoms with Gasteiger partial charge in [0.15, 0.2) is 0 Å². The van der Waals surface area contributed by atoms with Gasteiger partial charge in [-0.3, -0.25) is 4.98 Å². The van der Waals surface area contributed by atoms with Crippen LogP contribution in [0.2, 0.25) is 0 Å². The Morgan fingerprint density at radius 3 is 3.15 bits per heavy atom.